The molecule has 4 rings (SSSR count). The average Bonchev–Trinajstić information content (AvgIpc) is 3.29. The minimum Gasteiger partial charge on any atom is -0.472 e. The van der Waals surface area contributed by atoms with Crippen LogP contribution in [0.3, 0.4) is 0 Å². The molecule has 0 saturated carbocycles. The average molecular weight is 390 g/mol. The summed E-state index contributed by atoms with van der Waals surface area (Å²) in [5, 5.41) is 1.27. The van der Waals surface area contributed by atoms with Gasteiger partial charge >= 0.3 is 0 Å². The number of ether oxygens (including phenoxy) is 1. The van der Waals surface area contributed by atoms with E-state index in [1.165, 1.54) is 24.6 Å². The number of hydrogen-bond acceptors (Lipinski definition) is 8. The molecule has 0 amide bonds. The van der Waals surface area contributed by atoms with E-state index >= 15 is 0 Å². The number of furan rings is 1. The lowest BCUT2D eigenvalue weighted by atomic mass is 10.2. The van der Waals surface area contributed by atoms with Crippen LogP contribution in [0.15, 0.2) is 23.1 Å². The largest absolute Gasteiger partial charge is 0.472 e. The van der Waals surface area contributed by atoms with Crippen LogP contribution in [0.5, 0.6) is 5.88 Å². The fraction of sp³-hybridized carbons (Fsp3) is 0.444. The summed E-state index contributed by atoms with van der Waals surface area (Å²) in [5.74, 6) is -0.00189. The van der Waals surface area contributed by atoms with E-state index in [-0.39, 0.29) is 24.3 Å². The van der Waals surface area contributed by atoms with E-state index in [0.717, 1.165) is 11.8 Å². The van der Waals surface area contributed by atoms with Crippen molar-refractivity contribution in [3.8, 4) is 5.88 Å². The first-order chi connectivity index (χ1) is 13.0. The summed E-state index contributed by atoms with van der Waals surface area (Å²) in [5.41, 5.74) is 0.493. The fourth-order valence-electron chi connectivity index (χ4n) is 3.32. The third kappa shape index (κ3) is 3.84. The predicted octanol–water partition coefficient (Wildman–Crippen LogP) is 2.99. The molecule has 1 fully saturated rings. The first-order valence-corrected chi connectivity index (χ1v) is 9.53. The van der Waals surface area contributed by atoms with Gasteiger partial charge in [0.05, 0.1) is 17.6 Å². The number of halogens is 1. The van der Waals surface area contributed by atoms with Crippen molar-refractivity contribution in [3.05, 3.63) is 34.5 Å². The molecule has 0 aliphatic carbocycles. The van der Waals surface area contributed by atoms with Gasteiger partial charge in [0, 0.05) is 25.6 Å². The molecule has 2 atom stereocenters. The van der Waals surface area contributed by atoms with Crippen molar-refractivity contribution in [2.45, 2.75) is 45.4 Å². The standard InChI is InChI=1S/C18H19FN4O3S/c1-10-5-12(26-18-13-3-4-25-17(13)20-9-21-18)7-23(10)8-14-16(19)22-15(27-14)6-11(2)24/h3-4,9-10,12H,5-8H2,1-2H3/t10-,12+/m0/s1. The van der Waals surface area contributed by atoms with Crippen molar-refractivity contribution in [1.29, 1.82) is 0 Å². The lowest BCUT2D eigenvalue weighted by Gasteiger charge is -2.19. The van der Waals surface area contributed by atoms with Gasteiger partial charge in [0.25, 0.3) is 0 Å². The first-order valence-electron chi connectivity index (χ1n) is 8.72. The van der Waals surface area contributed by atoms with E-state index in [9.17, 15) is 9.18 Å². The van der Waals surface area contributed by atoms with Crippen molar-refractivity contribution in [2.24, 2.45) is 0 Å². The highest BCUT2D eigenvalue weighted by molar-refractivity contribution is 7.11. The lowest BCUT2D eigenvalue weighted by Crippen LogP contribution is -2.28. The number of Topliss-reactive ketones (excluding diaryl/α,β-unsaturated/α-hetero) is 1. The smallest absolute Gasteiger partial charge is 0.232 e. The molecule has 142 valence electrons. The highest BCUT2D eigenvalue weighted by atomic mass is 32.1. The molecule has 7 nitrogen and oxygen atoms in total. The zero-order chi connectivity index (χ0) is 19.0. The number of carbonyl (C=O) groups is 1. The first kappa shape index (κ1) is 18.0. The van der Waals surface area contributed by atoms with Crippen LogP contribution in [0, 0.1) is 5.95 Å². The number of aromatic nitrogens is 3. The van der Waals surface area contributed by atoms with Gasteiger partial charge < -0.3 is 9.15 Å². The molecule has 3 aromatic heterocycles. The number of nitrogens with zero attached hydrogens (tertiary/aromatic N) is 4. The van der Waals surface area contributed by atoms with Gasteiger partial charge in [-0.2, -0.15) is 4.39 Å². The molecule has 27 heavy (non-hydrogen) atoms. The van der Waals surface area contributed by atoms with Gasteiger partial charge in [0.2, 0.25) is 17.5 Å². The fourth-order valence-corrected chi connectivity index (χ4v) is 4.37. The van der Waals surface area contributed by atoms with E-state index in [1.807, 2.05) is 0 Å². The Balaban J connectivity index is 1.43. The van der Waals surface area contributed by atoms with Crippen molar-refractivity contribution in [2.75, 3.05) is 6.54 Å². The van der Waals surface area contributed by atoms with Gasteiger partial charge in [-0.05, 0) is 19.9 Å². The normalized spacial score (nSPS) is 20.4. The second-order valence-electron chi connectivity index (χ2n) is 6.77. The van der Waals surface area contributed by atoms with Gasteiger partial charge in [0.15, 0.2) is 0 Å². The minimum atomic E-state index is -0.483. The number of fused-ring (bicyclic) bond motifs is 1. The van der Waals surface area contributed by atoms with Crippen LogP contribution in [0.25, 0.3) is 11.1 Å². The van der Waals surface area contributed by atoms with Crippen LogP contribution in [-0.4, -0.2) is 44.3 Å². The molecule has 0 radical (unpaired) electrons. The zero-order valence-corrected chi connectivity index (χ0v) is 15.8. The number of likely N-dealkylation sites (tertiary alicyclic amines) is 1. The van der Waals surface area contributed by atoms with Crippen molar-refractivity contribution < 1.29 is 18.3 Å². The zero-order valence-electron chi connectivity index (χ0n) is 15.0. The molecule has 1 saturated heterocycles. The molecule has 3 aromatic rings. The Morgan fingerprint density at radius 2 is 2.33 bits per heavy atom. The van der Waals surface area contributed by atoms with Crippen LogP contribution < -0.4 is 4.74 Å². The summed E-state index contributed by atoms with van der Waals surface area (Å²) in [6, 6.07) is 2.01. The molecular formula is C18H19FN4O3S. The molecular weight excluding hydrogens is 371 g/mol. The summed E-state index contributed by atoms with van der Waals surface area (Å²) in [7, 11) is 0. The van der Waals surface area contributed by atoms with Crippen LogP contribution in [0.2, 0.25) is 0 Å². The molecule has 0 N–H and O–H groups in total. The Morgan fingerprint density at radius 3 is 3.15 bits per heavy atom. The third-order valence-corrected chi connectivity index (χ3v) is 5.62. The maximum atomic E-state index is 14.1. The maximum Gasteiger partial charge on any atom is 0.232 e. The van der Waals surface area contributed by atoms with Gasteiger partial charge in [-0.3, -0.25) is 9.69 Å². The number of carbonyl (C=O) groups excluding carboxylic acids is 1. The topological polar surface area (TPSA) is 81.4 Å². The number of ketones is 1. The van der Waals surface area contributed by atoms with Gasteiger partial charge in [-0.25, -0.2) is 15.0 Å². The van der Waals surface area contributed by atoms with Gasteiger partial charge in [-0.15, -0.1) is 11.3 Å². The molecule has 9 heteroatoms. The SMILES string of the molecule is CC(=O)Cc1nc(F)c(CN2C[C@H](Oc3ncnc4occc34)C[C@@H]2C)s1. The van der Waals surface area contributed by atoms with E-state index in [4.69, 9.17) is 9.15 Å². The molecule has 0 aromatic carbocycles. The quantitative estimate of drug-likeness (QED) is 0.640. The molecule has 1 aliphatic rings. The Bertz CT molecular complexity index is 973. The van der Waals surface area contributed by atoms with Crippen LogP contribution in [-0.2, 0) is 17.8 Å². The molecule has 1 aliphatic heterocycles. The minimum absolute atomic E-state index is 0.0197. The number of rotatable bonds is 6. The Hall–Kier alpha value is -2.39. The number of hydrogen-bond donors (Lipinski definition) is 0. The summed E-state index contributed by atoms with van der Waals surface area (Å²) in [6.45, 7) is 4.68. The van der Waals surface area contributed by atoms with Crippen molar-refractivity contribution in [1.82, 2.24) is 19.9 Å². The van der Waals surface area contributed by atoms with E-state index in [0.29, 0.717) is 34.6 Å². The lowest BCUT2D eigenvalue weighted by molar-refractivity contribution is -0.116. The second-order valence-corrected chi connectivity index (χ2v) is 7.94. The van der Waals surface area contributed by atoms with Crippen molar-refractivity contribution >= 4 is 28.2 Å². The second kappa shape index (κ2) is 7.32. The van der Waals surface area contributed by atoms with Crippen LogP contribution >= 0.6 is 11.3 Å². The Labute approximate surface area is 159 Å². The van der Waals surface area contributed by atoms with E-state index < -0.39 is 5.95 Å². The van der Waals surface area contributed by atoms with Crippen LogP contribution in [0.4, 0.5) is 4.39 Å². The highest BCUT2D eigenvalue weighted by Gasteiger charge is 2.32. The van der Waals surface area contributed by atoms with Crippen molar-refractivity contribution in [3.63, 3.8) is 0 Å². The summed E-state index contributed by atoms with van der Waals surface area (Å²) in [4.78, 5) is 26.1. The van der Waals surface area contributed by atoms with Crippen LogP contribution in [0.1, 0.15) is 30.2 Å². The highest BCUT2D eigenvalue weighted by Crippen LogP contribution is 2.29. The van der Waals surface area contributed by atoms with E-state index in [2.05, 4.69) is 26.8 Å². The summed E-state index contributed by atoms with van der Waals surface area (Å²) < 4.78 is 25.5. The predicted molar refractivity (Wildman–Crippen MR) is 97.2 cm³/mol. The monoisotopic (exact) mass is 390 g/mol. The van der Waals surface area contributed by atoms with E-state index in [1.54, 1.807) is 12.3 Å². The number of thiazole rings is 1. The molecule has 0 bridgehead atoms. The third-order valence-electron chi connectivity index (χ3n) is 4.61. The molecule has 0 unspecified atom stereocenters. The Morgan fingerprint density at radius 1 is 1.48 bits per heavy atom. The van der Waals surface area contributed by atoms with Gasteiger partial charge in [-0.1, -0.05) is 0 Å². The molecule has 0 spiro atoms. The maximum absolute atomic E-state index is 14.1. The Kier molecular flexibility index (Phi) is 4.88. The summed E-state index contributed by atoms with van der Waals surface area (Å²) >= 11 is 1.26. The molecule has 4 heterocycles. The van der Waals surface area contributed by atoms with Gasteiger partial charge in [0.1, 0.15) is 28.6 Å². The summed E-state index contributed by atoms with van der Waals surface area (Å²) in [6.07, 6.45) is 3.91.